The molecule has 0 bridgehead atoms. The lowest BCUT2D eigenvalue weighted by atomic mass is 9.94. The minimum absolute atomic E-state index is 0.0865. The molecule has 0 radical (unpaired) electrons. The molecule has 2 heterocycles. The number of allylic oxidation sites excluding steroid dienone is 1. The molecule has 0 spiro atoms. The van der Waals surface area contributed by atoms with Crippen molar-refractivity contribution in [2.24, 2.45) is 11.8 Å². The number of rotatable bonds is 11. The van der Waals surface area contributed by atoms with Gasteiger partial charge in [-0.1, -0.05) is 23.8 Å². The molecule has 2 saturated heterocycles. The molecule has 436 valence electrons. The van der Waals surface area contributed by atoms with E-state index in [-0.39, 0.29) is 36.1 Å². The Morgan fingerprint density at radius 3 is 1.30 bits per heavy atom. The lowest BCUT2D eigenvalue weighted by Gasteiger charge is -2.34. The van der Waals surface area contributed by atoms with E-state index in [4.69, 9.17) is 44.3 Å². The second-order valence-corrected chi connectivity index (χ2v) is 26.4. The first-order valence-electron chi connectivity index (χ1n) is 26.2. The van der Waals surface area contributed by atoms with Gasteiger partial charge in [-0.3, -0.25) is 9.59 Å². The number of benzene rings is 2. The van der Waals surface area contributed by atoms with Gasteiger partial charge in [0.2, 0.25) is 0 Å². The van der Waals surface area contributed by atoms with Crippen molar-refractivity contribution in [2.75, 3.05) is 14.2 Å². The van der Waals surface area contributed by atoms with Gasteiger partial charge in [0.05, 0.1) is 53.1 Å². The summed E-state index contributed by atoms with van der Waals surface area (Å²) in [5.74, 6) is 11.8. The largest absolute Gasteiger partial charge is 0.467 e. The fraction of sp³-hybridized carbons (Fsp3) is 0.567. The first kappa shape index (κ1) is 66.6. The predicted molar refractivity (Wildman–Crippen MR) is 308 cm³/mol. The van der Waals surface area contributed by atoms with Gasteiger partial charge in [-0.2, -0.15) is 0 Å². The molecule has 8 atom stereocenters. The second kappa shape index (κ2) is 27.7. The van der Waals surface area contributed by atoms with Crippen molar-refractivity contribution in [3.63, 3.8) is 0 Å². The maximum Gasteiger partial charge on any atom is 0.408 e. The summed E-state index contributed by atoms with van der Waals surface area (Å²) in [7, 11) is 2.41. The molecule has 2 aliphatic carbocycles. The predicted octanol–water partition coefficient (Wildman–Crippen LogP) is 9.34. The quantitative estimate of drug-likeness (QED) is 0.0935. The van der Waals surface area contributed by atoms with E-state index in [0.29, 0.717) is 28.2 Å². The molecule has 4 fully saturated rings. The minimum atomic E-state index is -1.21. The van der Waals surface area contributed by atoms with E-state index < -0.39 is 76.1 Å². The topological polar surface area (TPSA) is 224 Å². The number of esters is 2. The summed E-state index contributed by atoms with van der Waals surface area (Å²) in [4.78, 5) is 74.6. The second-order valence-electron chi connectivity index (χ2n) is 23.7. The molecular weight excluding hydrogens is 1160 g/mol. The summed E-state index contributed by atoms with van der Waals surface area (Å²) < 4.78 is 44.6. The lowest BCUT2D eigenvalue weighted by molar-refractivity contribution is -0.153. The molecule has 4 N–H and O–H groups in total. The number of alkyl carbamates (subject to hydrolysis) is 2. The number of hydrogen-bond donors (Lipinski definition) is 4. The van der Waals surface area contributed by atoms with Crippen molar-refractivity contribution in [1.82, 2.24) is 21.3 Å². The van der Waals surface area contributed by atoms with Crippen molar-refractivity contribution in [1.29, 1.82) is 0 Å². The van der Waals surface area contributed by atoms with Gasteiger partial charge in [0.15, 0.2) is 11.6 Å². The van der Waals surface area contributed by atoms with Crippen LogP contribution in [0.1, 0.15) is 154 Å². The molecule has 4 amide bonds. The Balaban J connectivity index is 0.000000288. The monoisotopic (exact) mass is 1240 g/mol. The highest BCUT2D eigenvalue weighted by atomic mass is 79.9. The smallest absolute Gasteiger partial charge is 0.408 e. The van der Waals surface area contributed by atoms with Crippen molar-refractivity contribution in [3.05, 3.63) is 80.3 Å². The zero-order valence-corrected chi connectivity index (χ0v) is 51.9. The molecule has 6 rings (SSSR count). The number of fused-ring (bicyclic) bond motifs is 2. The van der Waals surface area contributed by atoms with E-state index in [1.165, 1.54) is 14.2 Å². The first-order valence-corrected chi connectivity index (χ1v) is 27.7. The summed E-state index contributed by atoms with van der Waals surface area (Å²) in [6, 6.07) is 10.6. The van der Waals surface area contributed by atoms with Gasteiger partial charge in [0, 0.05) is 28.2 Å². The maximum absolute atomic E-state index is 12.9. The number of halogens is 2. The van der Waals surface area contributed by atoms with Crippen LogP contribution in [0.2, 0.25) is 0 Å². The number of terminal acetylenes is 1. The number of amides is 4. The van der Waals surface area contributed by atoms with E-state index >= 15 is 0 Å². The van der Waals surface area contributed by atoms with Crippen LogP contribution in [0.25, 0.3) is 0 Å². The summed E-state index contributed by atoms with van der Waals surface area (Å²) >= 11 is 6.77. The minimum Gasteiger partial charge on any atom is -0.467 e. The highest BCUT2D eigenvalue weighted by Gasteiger charge is 2.48. The van der Waals surface area contributed by atoms with Crippen molar-refractivity contribution in [2.45, 2.75) is 193 Å². The van der Waals surface area contributed by atoms with E-state index in [1.807, 2.05) is 27.7 Å². The molecule has 18 nitrogen and oxygen atoms in total. The van der Waals surface area contributed by atoms with Crippen molar-refractivity contribution in [3.8, 4) is 36.0 Å². The van der Waals surface area contributed by atoms with Crippen molar-refractivity contribution < 1.29 is 66.7 Å². The Morgan fingerprint density at radius 1 is 0.600 bits per heavy atom. The number of methoxy groups -OCH3 is 2. The maximum atomic E-state index is 12.9. The number of ether oxygens (including phenoxy) is 8. The Kier molecular flexibility index (Phi) is 23.1. The summed E-state index contributed by atoms with van der Waals surface area (Å²) in [6.45, 7) is 24.5. The molecule has 0 aromatic heterocycles. The number of carbonyl (C=O) groups excluding carboxylic acids is 6. The van der Waals surface area contributed by atoms with E-state index in [1.54, 1.807) is 118 Å². The molecular formula is C60H78Br2N4O14. The van der Waals surface area contributed by atoms with Gasteiger partial charge in [-0.25, -0.2) is 19.2 Å². The van der Waals surface area contributed by atoms with Crippen LogP contribution in [0, 0.1) is 47.9 Å². The molecule has 80 heavy (non-hydrogen) atoms. The van der Waals surface area contributed by atoms with Crippen LogP contribution in [-0.2, 0) is 47.5 Å². The molecule has 4 aliphatic rings. The van der Waals surface area contributed by atoms with Crippen LogP contribution >= 0.6 is 31.9 Å². The highest BCUT2D eigenvalue weighted by Crippen LogP contribution is 2.43. The Bertz CT molecular complexity index is 2710. The first-order chi connectivity index (χ1) is 36.9. The lowest BCUT2D eigenvalue weighted by Crippen LogP contribution is -2.62. The zero-order valence-electron chi connectivity index (χ0n) is 48.7. The number of hydrogen-bond acceptors (Lipinski definition) is 14. The van der Waals surface area contributed by atoms with E-state index in [0.717, 1.165) is 29.1 Å². The van der Waals surface area contributed by atoms with Gasteiger partial charge in [0.25, 0.3) is 11.8 Å². The number of nitrogens with one attached hydrogen (secondary N) is 4. The molecule has 2 aliphatic heterocycles. The Morgan fingerprint density at radius 2 is 0.963 bits per heavy atom. The fourth-order valence-corrected chi connectivity index (χ4v) is 9.82. The van der Waals surface area contributed by atoms with E-state index in [2.05, 4.69) is 88.8 Å². The van der Waals surface area contributed by atoms with Gasteiger partial charge >= 0.3 is 24.1 Å². The summed E-state index contributed by atoms with van der Waals surface area (Å²) in [5, 5.41) is 10.5. The van der Waals surface area contributed by atoms with E-state index in [9.17, 15) is 28.8 Å². The van der Waals surface area contributed by atoms with Crippen LogP contribution in [0.15, 0.2) is 58.0 Å². The SMILES string of the molecule is C#Cc1ccc(C(=O)N[C@H](C(=O)OC)C(C)(C)NC(=O)OC(C)(C)C)cc1.CC1(C)O[C@H]2CC(C=C(Br)Br)C[C@H]2O1.COC(=O)[C@@H](NC(=O)c1ccc(C#CC#CC2C[C@@H]3OC(C)(C)O[C@@H]3C2)cc1)C(C)(C)NC(=O)OC(C)(C)C. The standard InChI is InChI=1S/C30H38N2O7.C20H26N2O5.C10H14Br2O2/c1-28(2,3)39-27(35)32-29(4,5)24(26(34)36-8)31-25(33)21-15-13-19(14-16-21)11-9-10-12-20-17-22-23(18-20)38-30(6,7)37-22;1-8-13-9-11-14(12-10-13)16(23)21-15(17(24)26-7)20(5,6)22-18(25)27-19(2,3)4;1-10(2)13-7-3-6(5-9(11)12)4-8(7)14-10/h13-16,20,22-24H,17-18H2,1-8H3,(H,31,33)(H,32,35);1,9-12,15H,2-7H3,(H,21,23)(H,22,25);5-8H,3-4H2,1-2H3/t20?,22-,23+,24-;15-;6?,7-,8+/m11./s1. The number of carbonyl (C=O) groups is 6. The van der Waals surface area contributed by atoms with Crippen LogP contribution in [0.4, 0.5) is 9.59 Å². The molecule has 2 saturated carbocycles. The molecule has 2 aromatic rings. The third kappa shape index (κ3) is 21.2. The van der Waals surface area contributed by atoms with Gasteiger partial charge < -0.3 is 59.2 Å². The molecule has 2 unspecified atom stereocenters. The third-order valence-electron chi connectivity index (χ3n) is 12.6. The molecule has 20 heteroatoms. The molecule has 2 aromatic carbocycles. The summed E-state index contributed by atoms with van der Waals surface area (Å²) in [6.07, 6.45) is 10.6. The highest BCUT2D eigenvalue weighted by molar-refractivity contribution is 9.28. The average molecular weight is 1240 g/mol. The van der Waals surface area contributed by atoms with Crippen molar-refractivity contribution >= 4 is 67.8 Å². The average Bonchev–Trinajstić information content (AvgIpc) is 4.04. The Labute approximate surface area is 488 Å². The van der Waals surface area contributed by atoms with Gasteiger partial charge in [-0.15, -0.1) is 6.42 Å². The summed E-state index contributed by atoms with van der Waals surface area (Å²) in [5.41, 5.74) is -1.87. The van der Waals surface area contributed by atoms with Gasteiger partial charge in [-0.05, 0) is 221 Å². The fourth-order valence-electron chi connectivity index (χ4n) is 9.07. The van der Waals surface area contributed by atoms with Crippen LogP contribution in [-0.4, -0.2) is 121 Å². The third-order valence-corrected chi connectivity index (χ3v) is 13.1. The van der Waals surface area contributed by atoms with Crippen LogP contribution in [0.5, 0.6) is 0 Å². The van der Waals surface area contributed by atoms with Crippen LogP contribution < -0.4 is 21.3 Å². The normalized spacial score (nSPS) is 21.9. The zero-order chi connectivity index (χ0) is 60.2. The van der Waals surface area contributed by atoms with Crippen LogP contribution in [0.3, 0.4) is 0 Å². The Hall–Kier alpha value is -5.92. The van der Waals surface area contributed by atoms with Gasteiger partial charge in [0.1, 0.15) is 23.3 Å².